The average Bonchev–Trinajstić information content (AvgIpc) is 2.63. The van der Waals surface area contributed by atoms with Crippen LogP contribution >= 0.6 is 0 Å². The van der Waals surface area contributed by atoms with E-state index >= 15 is 0 Å². The molecule has 0 N–H and O–H groups in total. The van der Waals surface area contributed by atoms with Gasteiger partial charge in [0.1, 0.15) is 6.07 Å². The third-order valence-corrected chi connectivity index (χ3v) is 6.67. The zero-order valence-corrected chi connectivity index (χ0v) is 15.6. The van der Waals surface area contributed by atoms with E-state index in [1.165, 1.54) is 83.1 Å². The van der Waals surface area contributed by atoms with Crippen molar-refractivity contribution in [1.29, 1.82) is 5.26 Å². The minimum Gasteiger partial charge on any atom is -0.195 e. The fourth-order valence-electron chi connectivity index (χ4n) is 5.07. The third-order valence-electron chi connectivity index (χ3n) is 6.67. The van der Waals surface area contributed by atoms with Crippen LogP contribution in [-0.4, -0.2) is 0 Å². The molecule has 0 amide bonds. The molecular weight excluding hydrogens is 297 g/mol. The number of halogens is 1. The quantitative estimate of drug-likeness (QED) is 0.337. The van der Waals surface area contributed by atoms with Crippen molar-refractivity contribution in [2.24, 2.45) is 23.7 Å². The molecule has 2 saturated carbocycles. The number of allylic oxidation sites excluding steroid dienone is 2. The SMILES string of the molecule is CCCCCC1CCC(C2CCC(CC/C=C(\F)C#N)CC2)CC1. The lowest BCUT2D eigenvalue weighted by Crippen LogP contribution is -2.25. The van der Waals surface area contributed by atoms with Gasteiger partial charge in [-0.15, -0.1) is 0 Å². The van der Waals surface area contributed by atoms with Crippen LogP contribution in [0.15, 0.2) is 11.9 Å². The minimum atomic E-state index is -0.612. The van der Waals surface area contributed by atoms with E-state index in [-0.39, 0.29) is 0 Å². The highest BCUT2D eigenvalue weighted by atomic mass is 19.1. The van der Waals surface area contributed by atoms with Crippen molar-refractivity contribution in [3.05, 3.63) is 11.9 Å². The average molecular weight is 334 g/mol. The predicted octanol–water partition coefficient (Wildman–Crippen LogP) is 7.34. The second-order valence-electron chi connectivity index (χ2n) is 8.30. The Morgan fingerprint density at radius 3 is 1.96 bits per heavy atom. The number of rotatable bonds is 8. The summed E-state index contributed by atoms with van der Waals surface area (Å²) in [4.78, 5) is 0. The predicted molar refractivity (Wildman–Crippen MR) is 99.1 cm³/mol. The topological polar surface area (TPSA) is 23.8 Å². The van der Waals surface area contributed by atoms with Crippen molar-refractivity contribution in [3.8, 4) is 6.07 Å². The zero-order valence-electron chi connectivity index (χ0n) is 15.6. The highest BCUT2D eigenvalue weighted by Gasteiger charge is 2.30. The molecule has 0 radical (unpaired) electrons. The first kappa shape index (κ1) is 19.5. The van der Waals surface area contributed by atoms with Crippen molar-refractivity contribution in [2.45, 2.75) is 96.8 Å². The van der Waals surface area contributed by atoms with E-state index in [9.17, 15) is 4.39 Å². The van der Waals surface area contributed by atoms with E-state index in [0.717, 1.165) is 36.5 Å². The molecule has 1 nitrogen and oxygen atoms in total. The number of hydrogen-bond donors (Lipinski definition) is 0. The van der Waals surface area contributed by atoms with Gasteiger partial charge in [-0.25, -0.2) is 0 Å². The van der Waals surface area contributed by atoms with Crippen molar-refractivity contribution in [1.82, 2.24) is 0 Å². The lowest BCUT2D eigenvalue weighted by atomic mass is 9.68. The fourth-order valence-corrected chi connectivity index (χ4v) is 5.07. The van der Waals surface area contributed by atoms with E-state index in [2.05, 4.69) is 6.92 Å². The Bertz CT molecular complexity index is 406. The molecule has 24 heavy (non-hydrogen) atoms. The van der Waals surface area contributed by atoms with Crippen molar-refractivity contribution in [3.63, 3.8) is 0 Å². The third kappa shape index (κ3) is 6.58. The van der Waals surface area contributed by atoms with E-state index in [1.807, 2.05) is 0 Å². The van der Waals surface area contributed by atoms with E-state index in [1.54, 1.807) is 6.07 Å². The van der Waals surface area contributed by atoms with Crippen molar-refractivity contribution < 1.29 is 4.39 Å². The number of nitriles is 1. The van der Waals surface area contributed by atoms with Gasteiger partial charge in [0.15, 0.2) is 5.83 Å². The molecule has 136 valence electrons. The molecule has 0 bridgehead atoms. The molecule has 2 heteroatoms. The molecule has 0 atom stereocenters. The van der Waals surface area contributed by atoms with Gasteiger partial charge in [-0.3, -0.25) is 0 Å². The first-order chi connectivity index (χ1) is 11.7. The van der Waals surface area contributed by atoms with Crippen LogP contribution in [0, 0.1) is 35.0 Å². The number of nitrogens with zero attached hydrogens (tertiary/aromatic N) is 1. The smallest absolute Gasteiger partial charge is 0.195 e. The highest BCUT2D eigenvalue weighted by molar-refractivity contribution is 5.11. The van der Waals surface area contributed by atoms with Gasteiger partial charge in [0, 0.05) is 0 Å². The Morgan fingerprint density at radius 1 is 0.917 bits per heavy atom. The molecule has 2 aliphatic rings. The number of unbranched alkanes of at least 4 members (excludes halogenated alkanes) is 2. The van der Waals surface area contributed by atoms with E-state index in [0.29, 0.717) is 0 Å². The Kier molecular flexibility index (Phi) is 8.86. The summed E-state index contributed by atoms with van der Waals surface area (Å²) >= 11 is 0. The van der Waals surface area contributed by atoms with Crippen molar-refractivity contribution >= 4 is 0 Å². The van der Waals surface area contributed by atoms with Crippen LogP contribution in [0.1, 0.15) is 96.8 Å². The van der Waals surface area contributed by atoms with Crippen molar-refractivity contribution in [2.75, 3.05) is 0 Å². The molecule has 0 aromatic rings. The molecule has 2 rings (SSSR count). The second kappa shape index (κ2) is 10.9. The van der Waals surface area contributed by atoms with Gasteiger partial charge in [-0.1, -0.05) is 58.3 Å². The summed E-state index contributed by atoms with van der Waals surface area (Å²) in [5, 5.41) is 8.44. The molecule has 0 aliphatic heterocycles. The summed E-state index contributed by atoms with van der Waals surface area (Å²) in [6, 6.07) is 1.57. The maximum absolute atomic E-state index is 12.8. The second-order valence-corrected chi connectivity index (χ2v) is 8.30. The van der Waals surface area contributed by atoms with Crippen LogP contribution < -0.4 is 0 Å². The van der Waals surface area contributed by atoms with Crippen LogP contribution in [0.5, 0.6) is 0 Å². The molecular formula is C22H36FN. The van der Waals surface area contributed by atoms with Crippen LogP contribution in [-0.2, 0) is 0 Å². The monoisotopic (exact) mass is 333 g/mol. The van der Waals surface area contributed by atoms with E-state index < -0.39 is 5.83 Å². The normalized spacial score (nSPS) is 31.6. The Hall–Kier alpha value is -0.840. The molecule has 2 aliphatic carbocycles. The molecule has 0 saturated heterocycles. The highest BCUT2D eigenvalue weighted by Crippen LogP contribution is 2.43. The minimum absolute atomic E-state index is 0.612. The number of hydrogen-bond acceptors (Lipinski definition) is 1. The Labute approximate surface area is 148 Å². The largest absolute Gasteiger partial charge is 0.196 e. The van der Waals surface area contributed by atoms with Crippen LogP contribution in [0.25, 0.3) is 0 Å². The van der Waals surface area contributed by atoms with Gasteiger partial charge in [-0.05, 0) is 68.3 Å². The maximum Gasteiger partial charge on any atom is 0.196 e. The summed E-state index contributed by atoms with van der Waals surface area (Å²) in [5.41, 5.74) is 0. The summed E-state index contributed by atoms with van der Waals surface area (Å²) < 4.78 is 12.8. The lowest BCUT2D eigenvalue weighted by Gasteiger charge is -2.38. The molecule has 0 aromatic carbocycles. The maximum atomic E-state index is 12.8. The Balaban J connectivity index is 1.60. The standard InChI is InChI=1S/C22H36FN/c1-2-3-4-6-18-9-13-20(14-10-18)21-15-11-19(12-16-21)7-5-8-22(23)17-24/h8,18-21H,2-7,9-16H2,1H3/b22-8-. The molecule has 0 aromatic heterocycles. The van der Waals surface area contributed by atoms with Crippen LogP contribution in [0.2, 0.25) is 0 Å². The fraction of sp³-hybridized carbons (Fsp3) is 0.864. The first-order valence-electron chi connectivity index (χ1n) is 10.5. The molecule has 2 fully saturated rings. The zero-order chi connectivity index (χ0) is 17.2. The van der Waals surface area contributed by atoms with Crippen LogP contribution in [0.3, 0.4) is 0 Å². The van der Waals surface area contributed by atoms with Gasteiger partial charge in [0.2, 0.25) is 0 Å². The lowest BCUT2D eigenvalue weighted by molar-refractivity contribution is 0.140. The molecule has 0 unspecified atom stereocenters. The summed E-state index contributed by atoms with van der Waals surface area (Å²) in [6.07, 6.45) is 20.3. The molecule has 0 heterocycles. The first-order valence-corrected chi connectivity index (χ1v) is 10.5. The Morgan fingerprint density at radius 2 is 1.46 bits per heavy atom. The summed E-state index contributed by atoms with van der Waals surface area (Å²) in [7, 11) is 0. The van der Waals surface area contributed by atoms with Gasteiger partial charge in [0.25, 0.3) is 0 Å². The van der Waals surface area contributed by atoms with Gasteiger partial charge >= 0.3 is 0 Å². The summed E-state index contributed by atoms with van der Waals surface area (Å²) in [6.45, 7) is 2.30. The van der Waals surface area contributed by atoms with Gasteiger partial charge in [-0.2, -0.15) is 9.65 Å². The molecule has 0 spiro atoms. The van der Waals surface area contributed by atoms with Gasteiger partial charge < -0.3 is 0 Å². The van der Waals surface area contributed by atoms with Gasteiger partial charge in [0.05, 0.1) is 0 Å². The van der Waals surface area contributed by atoms with Crippen LogP contribution in [0.4, 0.5) is 4.39 Å². The van der Waals surface area contributed by atoms with E-state index in [4.69, 9.17) is 5.26 Å². The summed E-state index contributed by atoms with van der Waals surface area (Å²) in [5.74, 6) is 3.12.